The number of nitrogens with two attached hydrogens (primary N) is 2. The number of aromatic nitrogens is 5. The molecule has 698 valence electrons. The summed E-state index contributed by atoms with van der Waals surface area (Å²) in [5.41, 5.74) is 17.7. The maximum Gasteiger partial charge on any atom is 0.407 e. The van der Waals surface area contributed by atoms with Gasteiger partial charge in [0.2, 0.25) is 11.7 Å². The average molecular weight is 1760 g/mol. The normalized spacial score (nSPS) is 28.6. The van der Waals surface area contributed by atoms with Crippen molar-refractivity contribution in [2.45, 2.75) is 217 Å². The Labute approximate surface area is 734 Å². The molecule has 2 saturated heterocycles. The molecule has 0 spiro atoms. The largest absolute Gasteiger partial charge is 0.495 e. The van der Waals surface area contributed by atoms with Gasteiger partial charge < -0.3 is 118 Å². The van der Waals surface area contributed by atoms with Crippen LogP contribution in [0, 0.1) is 35.5 Å². The monoisotopic (exact) mass is 1760 g/mol. The highest BCUT2D eigenvalue weighted by molar-refractivity contribution is 6.39. The molecular formula is C91H140N10O24. The minimum Gasteiger partial charge on any atom is -0.495 e. The molecule has 0 radical (unpaired) electrons. The summed E-state index contributed by atoms with van der Waals surface area (Å²) < 4.78 is 88.2. The number of nitrogen functional groups attached to an aromatic ring is 1. The first-order valence-corrected chi connectivity index (χ1v) is 44.9. The molecule has 1 aromatic carbocycles. The van der Waals surface area contributed by atoms with Crippen LogP contribution in [-0.4, -0.2) is 301 Å². The van der Waals surface area contributed by atoms with Gasteiger partial charge in [-0.3, -0.25) is 19.2 Å². The molecule has 3 aromatic heterocycles. The smallest absolute Gasteiger partial charge is 0.407 e. The Balaban J connectivity index is 0.571. The average Bonchev–Trinajstić information content (AvgIpc) is 1.60. The number of benzene rings is 1. The first kappa shape index (κ1) is 101. The van der Waals surface area contributed by atoms with Crippen molar-refractivity contribution in [3.8, 4) is 17.1 Å². The maximum absolute atomic E-state index is 14.7. The number of nitrogens with one attached hydrogen (secondary N) is 3. The van der Waals surface area contributed by atoms with Gasteiger partial charge in [0.15, 0.2) is 11.6 Å². The van der Waals surface area contributed by atoms with Crippen LogP contribution in [0.2, 0.25) is 0 Å². The number of alkyl carbamates (subject to hydrolysis) is 1. The number of hydrogen-bond donors (Lipinski definition) is 8. The van der Waals surface area contributed by atoms with Crippen molar-refractivity contribution < 1.29 is 115 Å². The highest BCUT2D eigenvalue weighted by atomic mass is 16.6. The Morgan fingerprint density at radius 3 is 1.91 bits per heavy atom. The number of carbonyl (C=O) groups excluding carboxylic acids is 6. The number of cyclic esters (lactones) is 1. The Kier molecular flexibility index (Phi) is 43.0. The molecule has 2 aliphatic carbocycles. The number of anilines is 1. The van der Waals surface area contributed by atoms with Crippen LogP contribution in [0.5, 0.6) is 5.75 Å². The predicted octanol–water partition coefficient (Wildman–Crippen LogP) is 8.19. The predicted molar refractivity (Wildman–Crippen MR) is 465 cm³/mol. The lowest BCUT2D eigenvalue weighted by molar-refractivity contribution is -0.265. The van der Waals surface area contributed by atoms with Crippen LogP contribution in [0.1, 0.15) is 162 Å². The number of rotatable bonds is 40. The lowest BCUT2D eigenvalue weighted by Crippen LogP contribution is -2.61. The van der Waals surface area contributed by atoms with Gasteiger partial charge in [-0.05, 0) is 158 Å². The standard InChI is InChI=1S/C91H140N10O24/c1-59-16-11-10-12-17-61(3)76(112-8)57-69-28-22-64(6)91(110,125-69)84(105)88(107)100-33-14-13-19-72(100)89(108)123-73(29-21-60(2)53-63(5)82(103)83(104)81(102)62(4)52-59)70(92)54-65-23-30-74(77(55-65)113-9)124-90(109)95-32-35-115-37-39-117-41-43-119-45-47-121-49-51-122-50-48-120-46-44-118-42-40-116-38-36-114-34-31-94-87(106)67-26-24-66(25-27-67)86-99-79(80-85(93)96-58-97-101(80)86)71-56-68-18-15-20-75(111-7)78(68)98-71/h10-12,15-18,20,53,56,58-60,62,64-67,69-70,72-74,76-77,82-83,98,103-104,110H,13-14,19,21-52,54-55,57,92H2,1-9H3,(H,94,106)(H,95,109)(H2,93,96,97)/b12-10+,16-11+,61-17+,63-53+/t59-,60+,62-,64-,65+,66?,67?,69+,70-,72+,73+,74-,76+,77-,82-,83+,91-/m1/s1. The second kappa shape index (κ2) is 53.3. The third-order valence-corrected chi connectivity index (χ3v) is 24.3. The minimum absolute atomic E-state index is 0.0295. The third kappa shape index (κ3) is 31.0. The van der Waals surface area contributed by atoms with Crippen molar-refractivity contribution in [3.63, 3.8) is 0 Å². The summed E-state index contributed by atoms with van der Waals surface area (Å²) in [5, 5.41) is 45.9. The molecule has 2 saturated carbocycles. The van der Waals surface area contributed by atoms with E-state index in [4.69, 9.17) is 87.5 Å². The molecule has 4 aromatic rings. The fourth-order valence-corrected chi connectivity index (χ4v) is 17.1. The first-order valence-electron chi connectivity index (χ1n) is 44.9. The van der Waals surface area contributed by atoms with Gasteiger partial charge in [0.25, 0.3) is 11.7 Å². The van der Waals surface area contributed by atoms with Crippen LogP contribution in [0.25, 0.3) is 27.8 Å². The number of Topliss-reactive ketones (excluding diaryl/α,β-unsaturated/α-hetero) is 2. The Hall–Kier alpha value is -7.75. The van der Waals surface area contributed by atoms with Crippen molar-refractivity contribution in [3.05, 3.63) is 84.0 Å². The zero-order valence-electron chi connectivity index (χ0n) is 74.8. The molecular weight excluding hydrogens is 1620 g/mol. The highest BCUT2D eigenvalue weighted by Crippen LogP contribution is 2.42. The number of aliphatic hydroxyl groups is 3. The van der Waals surface area contributed by atoms with E-state index in [0.29, 0.717) is 212 Å². The Bertz CT molecular complexity index is 4090. The number of carbonyl (C=O) groups is 6. The summed E-state index contributed by atoms with van der Waals surface area (Å²) in [5.74, 6) is -5.58. The van der Waals surface area contributed by atoms with Gasteiger partial charge >= 0.3 is 12.1 Å². The Morgan fingerprint density at radius 2 is 1.30 bits per heavy atom. The molecule has 3 amide bonds. The zero-order valence-corrected chi connectivity index (χ0v) is 74.8. The fourth-order valence-electron chi connectivity index (χ4n) is 17.1. The number of allylic oxidation sites excluding steroid dienone is 6. The number of H-pyrrole nitrogens is 1. The van der Waals surface area contributed by atoms with Crippen molar-refractivity contribution in [1.82, 2.24) is 40.1 Å². The van der Waals surface area contributed by atoms with Crippen LogP contribution >= 0.6 is 0 Å². The van der Waals surface area contributed by atoms with E-state index in [1.54, 1.807) is 52.7 Å². The summed E-state index contributed by atoms with van der Waals surface area (Å²) in [6.45, 7) is 18.5. The lowest BCUT2D eigenvalue weighted by atomic mass is 9.80. The van der Waals surface area contributed by atoms with Crippen molar-refractivity contribution in [2.24, 2.45) is 41.2 Å². The quantitative estimate of drug-likeness (QED) is 0.00900. The van der Waals surface area contributed by atoms with E-state index in [-0.39, 0.29) is 68.0 Å². The minimum atomic E-state index is -2.46. The number of ketones is 2. The number of esters is 1. The van der Waals surface area contributed by atoms with Crippen molar-refractivity contribution in [2.75, 3.05) is 166 Å². The van der Waals surface area contributed by atoms with Gasteiger partial charge in [-0.15, -0.1) is 0 Å². The SMILES string of the molecule is COc1cccc2cc(-c3nc(C4CCC(C(=O)NCCOCCOCCOCCOCCOCCOCCOCCOCCOCCNC(=O)O[C@@H]5CC[C@@H](C[C@@H](N)[C@@H]6CC[C@H](C)/C=C(\C)[C@@H](O)[C@@H](O)C(=O)[C@H](C)C[C@H](C)/C=C/C=C/C=C(\C)[C@@H](OC)C[C@@H]7CC[C@@H](C)[C@@](O)(O7)C(=O)C(=O)N7CCCC[C@H]7C(=O)O6)C[C@H]5OC)CC4)n4ncnc(N)c34)[nH]c12. The molecule has 125 heavy (non-hydrogen) atoms. The number of amides is 3. The van der Waals surface area contributed by atoms with Gasteiger partial charge in [0.1, 0.15) is 59.6 Å². The third-order valence-electron chi connectivity index (χ3n) is 24.3. The summed E-state index contributed by atoms with van der Waals surface area (Å²) in [6, 6.07) is 6.00. The van der Waals surface area contributed by atoms with Gasteiger partial charge in [-0.25, -0.2) is 24.1 Å². The molecule has 34 heteroatoms. The molecule has 10 N–H and O–H groups in total. The molecule has 3 aliphatic heterocycles. The molecule has 2 bridgehead atoms. The number of hydrogen-bond acceptors (Lipinski definition) is 29. The maximum atomic E-state index is 14.7. The van der Waals surface area contributed by atoms with E-state index in [1.165, 1.54) is 11.2 Å². The van der Waals surface area contributed by atoms with Crippen LogP contribution in [0.3, 0.4) is 0 Å². The summed E-state index contributed by atoms with van der Waals surface area (Å²) in [4.78, 5) is 97.3. The molecule has 15 atom stereocenters. The van der Waals surface area contributed by atoms with E-state index < -0.39 is 102 Å². The van der Waals surface area contributed by atoms with Crippen LogP contribution < -0.4 is 26.8 Å². The number of aromatic amines is 1. The van der Waals surface area contributed by atoms with Crippen molar-refractivity contribution in [1.29, 1.82) is 0 Å². The molecule has 6 heterocycles. The zero-order chi connectivity index (χ0) is 89.6. The van der Waals surface area contributed by atoms with Crippen LogP contribution in [0.15, 0.2) is 78.2 Å². The van der Waals surface area contributed by atoms with Crippen molar-refractivity contribution >= 4 is 57.7 Å². The first-order chi connectivity index (χ1) is 60.4. The number of nitrogens with zero attached hydrogens (tertiary/aromatic N) is 5. The number of methoxy groups -OCH3 is 3. The molecule has 0 unspecified atom stereocenters. The number of piperidine rings is 1. The summed E-state index contributed by atoms with van der Waals surface area (Å²) in [6.07, 6.45) is 14.4. The number of ether oxygens (including phenoxy) is 15. The molecule has 34 nitrogen and oxygen atoms in total. The highest BCUT2D eigenvalue weighted by Gasteiger charge is 2.53. The lowest BCUT2D eigenvalue weighted by Gasteiger charge is -2.42. The van der Waals surface area contributed by atoms with Gasteiger partial charge in [-0.1, -0.05) is 76.3 Å². The van der Waals surface area contributed by atoms with Crippen LogP contribution in [0.4, 0.5) is 10.6 Å². The molecule has 5 aliphatic rings. The number of fused-ring (bicyclic) bond motifs is 5. The van der Waals surface area contributed by atoms with E-state index in [0.717, 1.165) is 59.4 Å². The topological polar surface area (TPSA) is 440 Å². The van der Waals surface area contributed by atoms with E-state index in [2.05, 4.69) is 25.7 Å². The summed E-state index contributed by atoms with van der Waals surface area (Å²) in [7, 11) is 4.76. The second-order valence-corrected chi connectivity index (χ2v) is 33.6. The van der Waals surface area contributed by atoms with Gasteiger partial charge in [-0.2, -0.15) is 5.10 Å². The van der Waals surface area contributed by atoms with Gasteiger partial charge in [0, 0.05) is 75.4 Å². The fraction of sp³-hybridized carbons (Fsp3) is 0.703. The van der Waals surface area contributed by atoms with Gasteiger partial charge in [0.05, 0.1) is 156 Å². The molecule has 9 rings (SSSR count). The van der Waals surface area contributed by atoms with E-state index in [9.17, 15) is 44.1 Å². The number of para-hydroxylation sites is 1. The summed E-state index contributed by atoms with van der Waals surface area (Å²) >= 11 is 0. The van der Waals surface area contributed by atoms with E-state index >= 15 is 0 Å². The number of imidazole rings is 1. The molecule has 4 fully saturated rings. The van der Waals surface area contributed by atoms with Crippen LogP contribution in [-0.2, 0) is 90.3 Å². The number of aliphatic hydroxyl groups excluding tert-OH is 2. The van der Waals surface area contributed by atoms with E-state index in [1.807, 2.05) is 75.4 Å². The Morgan fingerprint density at radius 1 is 0.672 bits per heavy atom. The second-order valence-electron chi connectivity index (χ2n) is 33.6.